The number of aryl methyl sites for hydroxylation is 1. The van der Waals surface area contributed by atoms with E-state index in [2.05, 4.69) is 15.3 Å². The van der Waals surface area contributed by atoms with Crippen molar-refractivity contribution in [3.63, 3.8) is 0 Å². The van der Waals surface area contributed by atoms with Crippen LogP contribution in [0, 0.1) is 0 Å². The zero-order chi connectivity index (χ0) is 20.6. The molecule has 0 radical (unpaired) electrons. The van der Waals surface area contributed by atoms with Crippen molar-refractivity contribution < 1.29 is 19.0 Å². The van der Waals surface area contributed by atoms with Gasteiger partial charge < -0.3 is 19.5 Å². The Morgan fingerprint density at radius 2 is 1.79 bits per heavy atom. The highest BCUT2D eigenvalue weighted by Crippen LogP contribution is 2.40. The van der Waals surface area contributed by atoms with E-state index in [4.69, 9.17) is 14.2 Å². The third-order valence-electron chi connectivity index (χ3n) is 4.37. The van der Waals surface area contributed by atoms with E-state index < -0.39 is 0 Å². The second-order valence-corrected chi connectivity index (χ2v) is 7.08. The van der Waals surface area contributed by atoms with E-state index in [-0.39, 0.29) is 5.91 Å². The minimum Gasteiger partial charge on any atom is -0.493 e. The van der Waals surface area contributed by atoms with Crippen LogP contribution in [0.15, 0.2) is 42.0 Å². The first kappa shape index (κ1) is 20.6. The molecule has 0 aliphatic heterocycles. The van der Waals surface area contributed by atoms with Crippen molar-refractivity contribution in [2.24, 2.45) is 0 Å². The van der Waals surface area contributed by atoms with Crippen molar-refractivity contribution in [1.82, 2.24) is 15.3 Å². The van der Waals surface area contributed by atoms with Crippen LogP contribution < -0.4 is 19.5 Å². The van der Waals surface area contributed by atoms with Gasteiger partial charge in [0.05, 0.1) is 33.6 Å². The van der Waals surface area contributed by atoms with Crippen LogP contribution in [0.2, 0.25) is 0 Å². The molecule has 0 saturated heterocycles. The maximum absolute atomic E-state index is 12.3. The maximum atomic E-state index is 12.3. The zero-order valence-electron chi connectivity index (χ0n) is 16.6. The molecule has 0 saturated carbocycles. The summed E-state index contributed by atoms with van der Waals surface area (Å²) in [6, 6.07) is 7.52. The standard InChI is InChI=1S/C21H23N3O4S/c1-26-17-6-4-15(20(27-2)21(17)28-3)5-7-18(25)23-12-19-24-16(13-29-19)14-8-10-22-11-9-14/h4,6,8-11,13H,5,7,12H2,1-3H3,(H,23,25). The Morgan fingerprint density at radius 1 is 1.03 bits per heavy atom. The Hall–Kier alpha value is -3.13. The van der Waals surface area contributed by atoms with Gasteiger partial charge in [0.1, 0.15) is 5.01 Å². The number of hydrogen-bond acceptors (Lipinski definition) is 7. The largest absolute Gasteiger partial charge is 0.493 e. The molecule has 1 aromatic carbocycles. The first-order valence-electron chi connectivity index (χ1n) is 9.05. The van der Waals surface area contributed by atoms with E-state index in [1.165, 1.54) is 11.3 Å². The normalized spacial score (nSPS) is 10.4. The summed E-state index contributed by atoms with van der Waals surface area (Å²) in [6.07, 6.45) is 4.32. The van der Waals surface area contributed by atoms with Crippen molar-refractivity contribution in [2.75, 3.05) is 21.3 Å². The number of pyridine rings is 1. The fourth-order valence-electron chi connectivity index (χ4n) is 2.92. The van der Waals surface area contributed by atoms with Crippen LogP contribution in [0.25, 0.3) is 11.3 Å². The van der Waals surface area contributed by atoms with E-state index in [1.807, 2.05) is 29.6 Å². The number of carbonyl (C=O) groups excluding carboxylic acids is 1. The molecule has 0 bridgehead atoms. The molecule has 8 heteroatoms. The van der Waals surface area contributed by atoms with Gasteiger partial charge in [0.15, 0.2) is 11.5 Å². The van der Waals surface area contributed by atoms with Crippen LogP contribution >= 0.6 is 11.3 Å². The van der Waals surface area contributed by atoms with Crippen LogP contribution in [0.4, 0.5) is 0 Å². The summed E-state index contributed by atoms with van der Waals surface area (Å²) < 4.78 is 16.1. The molecule has 0 aliphatic carbocycles. The van der Waals surface area contributed by atoms with Crippen molar-refractivity contribution in [1.29, 1.82) is 0 Å². The Labute approximate surface area is 173 Å². The summed E-state index contributed by atoms with van der Waals surface area (Å²) in [6.45, 7) is 0.400. The number of methoxy groups -OCH3 is 3. The van der Waals surface area contributed by atoms with E-state index >= 15 is 0 Å². The molecule has 1 N–H and O–H groups in total. The molecule has 3 rings (SSSR count). The summed E-state index contributed by atoms with van der Waals surface area (Å²) in [5.74, 6) is 1.65. The van der Waals surface area contributed by atoms with Gasteiger partial charge in [-0.15, -0.1) is 11.3 Å². The van der Waals surface area contributed by atoms with Gasteiger partial charge >= 0.3 is 0 Å². The fraction of sp³-hybridized carbons (Fsp3) is 0.286. The van der Waals surface area contributed by atoms with Gasteiger partial charge in [0.25, 0.3) is 0 Å². The molecule has 0 spiro atoms. The SMILES string of the molecule is COc1ccc(CCC(=O)NCc2nc(-c3ccncc3)cs2)c(OC)c1OC. The Kier molecular flexibility index (Phi) is 7.02. The van der Waals surface area contributed by atoms with E-state index in [0.717, 1.165) is 21.8 Å². The number of rotatable bonds is 9. The van der Waals surface area contributed by atoms with Crippen molar-refractivity contribution in [2.45, 2.75) is 19.4 Å². The monoisotopic (exact) mass is 413 g/mol. The number of nitrogens with zero attached hydrogens (tertiary/aromatic N) is 2. The molecule has 2 aromatic heterocycles. The quantitative estimate of drug-likeness (QED) is 0.578. The number of benzene rings is 1. The van der Waals surface area contributed by atoms with Crippen LogP contribution in [0.3, 0.4) is 0 Å². The molecule has 0 fully saturated rings. The van der Waals surface area contributed by atoms with Gasteiger partial charge in [-0.05, 0) is 30.2 Å². The number of amides is 1. The molecule has 152 valence electrons. The minimum absolute atomic E-state index is 0.0532. The molecule has 2 heterocycles. The highest BCUT2D eigenvalue weighted by Gasteiger charge is 2.16. The summed E-state index contributed by atoms with van der Waals surface area (Å²) in [4.78, 5) is 20.9. The van der Waals surface area contributed by atoms with Crippen molar-refractivity contribution >= 4 is 17.2 Å². The molecule has 3 aromatic rings. The molecule has 0 aliphatic rings. The second kappa shape index (κ2) is 9.88. The summed E-state index contributed by atoms with van der Waals surface area (Å²) in [7, 11) is 4.71. The van der Waals surface area contributed by atoms with E-state index in [0.29, 0.717) is 36.6 Å². The fourth-order valence-corrected chi connectivity index (χ4v) is 3.66. The highest BCUT2D eigenvalue weighted by atomic mass is 32.1. The van der Waals surface area contributed by atoms with E-state index in [1.54, 1.807) is 33.7 Å². The lowest BCUT2D eigenvalue weighted by atomic mass is 10.1. The molecule has 0 atom stereocenters. The van der Waals surface area contributed by atoms with Crippen molar-refractivity contribution in [3.8, 4) is 28.5 Å². The van der Waals surface area contributed by atoms with Gasteiger partial charge in [0, 0.05) is 29.8 Å². The van der Waals surface area contributed by atoms with Gasteiger partial charge in [-0.2, -0.15) is 0 Å². The topological polar surface area (TPSA) is 82.6 Å². The smallest absolute Gasteiger partial charge is 0.220 e. The predicted molar refractivity (Wildman–Crippen MR) is 112 cm³/mol. The summed E-state index contributed by atoms with van der Waals surface area (Å²) in [5.41, 5.74) is 2.78. The van der Waals surface area contributed by atoms with Gasteiger partial charge in [-0.1, -0.05) is 6.07 Å². The molecule has 7 nitrogen and oxygen atoms in total. The average molecular weight is 413 g/mol. The number of hydrogen-bond donors (Lipinski definition) is 1. The molecule has 29 heavy (non-hydrogen) atoms. The number of aromatic nitrogens is 2. The number of carbonyl (C=O) groups is 1. The third-order valence-corrected chi connectivity index (χ3v) is 5.22. The van der Waals surface area contributed by atoms with E-state index in [9.17, 15) is 4.79 Å². The Balaban J connectivity index is 1.56. The minimum atomic E-state index is -0.0532. The molecule has 0 unspecified atom stereocenters. The molecular formula is C21H23N3O4S. The lowest BCUT2D eigenvalue weighted by Crippen LogP contribution is -2.23. The van der Waals surface area contributed by atoms with Crippen LogP contribution in [0.1, 0.15) is 17.0 Å². The first-order chi connectivity index (χ1) is 14.2. The number of thiazole rings is 1. The zero-order valence-corrected chi connectivity index (χ0v) is 17.4. The van der Waals surface area contributed by atoms with Gasteiger partial charge in [0.2, 0.25) is 11.7 Å². The number of ether oxygens (including phenoxy) is 3. The Morgan fingerprint density at radius 3 is 2.48 bits per heavy atom. The van der Waals surface area contributed by atoms with Crippen molar-refractivity contribution in [3.05, 3.63) is 52.6 Å². The van der Waals surface area contributed by atoms with Crippen LogP contribution in [0.5, 0.6) is 17.2 Å². The average Bonchev–Trinajstić information content (AvgIpc) is 3.25. The lowest BCUT2D eigenvalue weighted by Gasteiger charge is -2.15. The second-order valence-electron chi connectivity index (χ2n) is 6.13. The lowest BCUT2D eigenvalue weighted by molar-refractivity contribution is -0.121. The van der Waals surface area contributed by atoms with Gasteiger partial charge in [-0.25, -0.2) is 4.98 Å². The Bertz CT molecular complexity index is 960. The third kappa shape index (κ3) is 5.03. The first-order valence-corrected chi connectivity index (χ1v) is 9.93. The predicted octanol–water partition coefficient (Wildman–Crippen LogP) is 3.48. The summed E-state index contributed by atoms with van der Waals surface area (Å²) >= 11 is 1.52. The number of nitrogens with one attached hydrogen (secondary N) is 1. The van der Waals surface area contributed by atoms with Crippen LogP contribution in [-0.2, 0) is 17.8 Å². The maximum Gasteiger partial charge on any atom is 0.220 e. The highest BCUT2D eigenvalue weighted by molar-refractivity contribution is 7.09. The van der Waals surface area contributed by atoms with Crippen LogP contribution in [-0.4, -0.2) is 37.2 Å². The molecule has 1 amide bonds. The summed E-state index contributed by atoms with van der Waals surface area (Å²) in [5, 5.41) is 5.76. The van der Waals surface area contributed by atoms with Gasteiger partial charge in [-0.3, -0.25) is 9.78 Å². The molecular weight excluding hydrogens is 390 g/mol.